The third kappa shape index (κ3) is 2.45. The zero-order valence-electron chi connectivity index (χ0n) is 6.35. The molecule has 0 spiro atoms. The lowest BCUT2D eigenvalue weighted by molar-refractivity contribution is -0.0904. The van der Waals surface area contributed by atoms with Crippen LogP contribution in [0.1, 0.15) is 0 Å². The largest absolute Gasteiger partial charge is 0.389 e. The zero-order valence-corrected chi connectivity index (χ0v) is 7.92. The highest BCUT2D eigenvalue weighted by Crippen LogP contribution is 2.11. The van der Waals surface area contributed by atoms with Gasteiger partial charge in [-0.05, 0) is 0 Å². The van der Waals surface area contributed by atoms with Crippen molar-refractivity contribution in [1.29, 1.82) is 0 Å². The number of hydrogen-bond acceptors (Lipinski definition) is 4. The predicted molar refractivity (Wildman–Crippen MR) is 47.8 cm³/mol. The second-order valence-corrected chi connectivity index (χ2v) is 3.03. The fourth-order valence-electron chi connectivity index (χ4n) is 1.13. The summed E-state index contributed by atoms with van der Waals surface area (Å²) in [6, 6.07) is -0.324. The van der Waals surface area contributed by atoms with Gasteiger partial charge in [-0.15, -0.1) is 24.0 Å². The van der Waals surface area contributed by atoms with E-state index in [2.05, 4.69) is 5.32 Å². The third-order valence-electron chi connectivity index (χ3n) is 1.91. The summed E-state index contributed by atoms with van der Waals surface area (Å²) >= 11 is 5.47. The maximum Gasteiger partial charge on any atom is 0.109 e. The molecule has 1 fully saturated rings. The first-order chi connectivity index (χ1) is 5.16. The van der Waals surface area contributed by atoms with E-state index in [0.29, 0.717) is 0 Å². The molecule has 0 aromatic carbocycles. The molecular formula is C6H13Cl2NO3. The van der Waals surface area contributed by atoms with Crippen molar-refractivity contribution in [2.24, 2.45) is 0 Å². The lowest BCUT2D eigenvalue weighted by Gasteiger charge is -2.34. The van der Waals surface area contributed by atoms with Crippen molar-refractivity contribution in [1.82, 2.24) is 5.32 Å². The van der Waals surface area contributed by atoms with E-state index >= 15 is 0 Å². The number of rotatable bonds is 1. The number of piperidine rings is 1. The zero-order chi connectivity index (χ0) is 8.43. The van der Waals surface area contributed by atoms with Crippen LogP contribution in [0.25, 0.3) is 0 Å². The molecule has 0 unspecified atom stereocenters. The normalized spacial score (nSPS) is 42.0. The van der Waals surface area contributed by atoms with Crippen molar-refractivity contribution in [3.8, 4) is 0 Å². The van der Waals surface area contributed by atoms with Gasteiger partial charge in [0.25, 0.3) is 0 Å². The summed E-state index contributed by atoms with van der Waals surface area (Å²) in [5.41, 5.74) is 0. The molecule has 1 rings (SSSR count). The number of hydrogen-bond donors (Lipinski definition) is 4. The molecule has 4 N–H and O–H groups in total. The first kappa shape index (κ1) is 12.4. The van der Waals surface area contributed by atoms with Gasteiger partial charge in [0.1, 0.15) is 6.10 Å². The van der Waals surface area contributed by atoms with Crippen LogP contribution in [0.3, 0.4) is 0 Å². The molecule has 1 saturated heterocycles. The van der Waals surface area contributed by atoms with Crippen LogP contribution < -0.4 is 5.32 Å². The van der Waals surface area contributed by atoms with Crippen LogP contribution in [0.5, 0.6) is 0 Å². The first-order valence-corrected chi connectivity index (χ1v) is 4.04. The predicted octanol–water partition coefficient (Wildman–Crippen LogP) is -1.30. The van der Waals surface area contributed by atoms with Gasteiger partial charge in [0.2, 0.25) is 0 Å². The van der Waals surface area contributed by atoms with Crippen molar-refractivity contribution < 1.29 is 15.3 Å². The summed E-state index contributed by atoms with van der Waals surface area (Å²) in [6.45, 7) is 0.273. The quantitative estimate of drug-likeness (QED) is 0.413. The molecule has 0 aromatic rings. The Morgan fingerprint density at radius 3 is 2.33 bits per heavy atom. The number of aliphatic hydroxyl groups is 3. The lowest BCUT2D eigenvalue weighted by Crippen LogP contribution is -2.60. The average Bonchev–Trinajstić information content (AvgIpc) is 2.01. The van der Waals surface area contributed by atoms with Gasteiger partial charge in [-0.25, -0.2) is 0 Å². The summed E-state index contributed by atoms with van der Waals surface area (Å²) < 4.78 is 0. The molecular weight excluding hydrogens is 205 g/mol. The Morgan fingerprint density at radius 2 is 1.83 bits per heavy atom. The summed E-state index contributed by atoms with van der Waals surface area (Å²) in [7, 11) is 0. The highest BCUT2D eigenvalue weighted by atomic mass is 35.5. The Labute approximate surface area is 81.9 Å². The van der Waals surface area contributed by atoms with Crippen molar-refractivity contribution >= 4 is 24.0 Å². The molecule has 74 valence electrons. The highest BCUT2D eigenvalue weighted by Gasteiger charge is 2.35. The van der Waals surface area contributed by atoms with Gasteiger partial charge < -0.3 is 20.6 Å². The van der Waals surface area contributed by atoms with E-state index < -0.39 is 18.3 Å². The molecule has 0 bridgehead atoms. The van der Waals surface area contributed by atoms with E-state index in [-0.39, 0.29) is 30.9 Å². The Hall–Kier alpha value is 0.420. The van der Waals surface area contributed by atoms with Crippen LogP contribution in [-0.2, 0) is 0 Å². The molecule has 0 amide bonds. The molecule has 0 radical (unpaired) electrons. The van der Waals surface area contributed by atoms with Crippen LogP contribution in [-0.4, -0.2) is 52.1 Å². The smallest absolute Gasteiger partial charge is 0.109 e. The molecule has 1 aliphatic heterocycles. The second-order valence-electron chi connectivity index (χ2n) is 2.72. The van der Waals surface area contributed by atoms with E-state index in [9.17, 15) is 5.11 Å². The minimum atomic E-state index is -1.08. The van der Waals surface area contributed by atoms with E-state index in [1.165, 1.54) is 0 Å². The fourth-order valence-corrected chi connectivity index (χ4v) is 1.42. The molecule has 0 aliphatic carbocycles. The summed E-state index contributed by atoms with van der Waals surface area (Å²) in [4.78, 5) is 0. The molecule has 1 aliphatic rings. The lowest BCUT2D eigenvalue weighted by atomic mass is 9.97. The van der Waals surface area contributed by atoms with Crippen LogP contribution in [0, 0.1) is 0 Å². The van der Waals surface area contributed by atoms with E-state index in [0.717, 1.165) is 0 Å². The van der Waals surface area contributed by atoms with Crippen LogP contribution in [0.15, 0.2) is 0 Å². The Balaban J connectivity index is 0.00000121. The molecule has 1 heterocycles. The summed E-state index contributed by atoms with van der Waals surface area (Å²) in [5.74, 6) is 0.227. The Morgan fingerprint density at radius 1 is 1.25 bits per heavy atom. The molecule has 12 heavy (non-hydrogen) atoms. The molecule has 0 aromatic heterocycles. The maximum atomic E-state index is 9.25. The topological polar surface area (TPSA) is 72.7 Å². The Bertz CT molecular complexity index is 136. The van der Waals surface area contributed by atoms with Gasteiger partial charge in [0.05, 0.1) is 12.2 Å². The molecule has 6 heteroatoms. The average molecular weight is 218 g/mol. The minimum absolute atomic E-state index is 0. The maximum absolute atomic E-state index is 9.25. The fraction of sp³-hybridized carbons (Fsp3) is 1.00. The number of aliphatic hydroxyl groups excluding tert-OH is 3. The molecule has 4 nitrogen and oxygen atoms in total. The van der Waals surface area contributed by atoms with E-state index in [4.69, 9.17) is 21.8 Å². The SMILES string of the molecule is Cl.O[C@@H]1[C@H](O)[C@@H](O)CN[C@H]1CCl. The monoisotopic (exact) mass is 217 g/mol. The molecule has 0 saturated carbocycles. The summed E-state index contributed by atoms with van der Waals surface area (Å²) in [6.07, 6.45) is -2.96. The van der Waals surface area contributed by atoms with Crippen LogP contribution in [0.4, 0.5) is 0 Å². The van der Waals surface area contributed by atoms with E-state index in [1.54, 1.807) is 0 Å². The number of β-amino-alcohol motifs (C(OH)–C–C–N with tert-alkyl or cyclic N) is 1. The van der Waals surface area contributed by atoms with Crippen molar-refractivity contribution in [2.75, 3.05) is 12.4 Å². The van der Waals surface area contributed by atoms with E-state index in [1.807, 2.05) is 0 Å². The number of nitrogens with one attached hydrogen (secondary N) is 1. The second kappa shape index (κ2) is 5.21. The summed E-state index contributed by atoms with van der Waals surface area (Å²) in [5, 5.41) is 30.3. The minimum Gasteiger partial charge on any atom is -0.389 e. The van der Waals surface area contributed by atoms with Crippen molar-refractivity contribution in [3.63, 3.8) is 0 Å². The van der Waals surface area contributed by atoms with Gasteiger partial charge >= 0.3 is 0 Å². The highest BCUT2D eigenvalue weighted by molar-refractivity contribution is 6.18. The van der Waals surface area contributed by atoms with Gasteiger partial charge in [0.15, 0.2) is 0 Å². The Kier molecular flexibility index (Phi) is 5.40. The van der Waals surface area contributed by atoms with Crippen molar-refractivity contribution in [3.05, 3.63) is 0 Å². The molecule has 4 atom stereocenters. The third-order valence-corrected chi connectivity index (χ3v) is 2.24. The van der Waals surface area contributed by atoms with Gasteiger partial charge in [-0.2, -0.15) is 0 Å². The van der Waals surface area contributed by atoms with Crippen LogP contribution in [0.2, 0.25) is 0 Å². The first-order valence-electron chi connectivity index (χ1n) is 3.50. The number of alkyl halides is 1. The number of halogens is 2. The van der Waals surface area contributed by atoms with Gasteiger partial charge in [-0.1, -0.05) is 0 Å². The van der Waals surface area contributed by atoms with Crippen LogP contribution >= 0.6 is 24.0 Å². The van der Waals surface area contributed by atoms with Gasteiger partial charge in [-0.3, -0.25) is 0 Å². The van der Waals surface area contributed by atoms with Crippen molar-refractivity contribution in [2.45, 2.75) is 24.4 Å². The van der Waals surface area contributed by atoms with Gasteiger partial charge in [0, 0.05) is 18.5 Å². The standard InChI is InChI=1S/C6H12ClNO3.ClH/c7-1-3-5(10)6(11)4(9)2-8-3;/h3-6,8-11H,1-2H2;1H/t3-,4-,5-,6+;/m0./s1.